The Bertz CT molecular complexity index is 331. The van der Waals surface area contributed by atoms with Gasteiger partial charge in [0.05, 0.1) is 0 Å². The summed E-state index contributed by atoms with van der Waals surface area (Å²) in [5, 5.41) is 3.28. The first-order chi connectivity index (χ1) is 7.16. The number of nitrogens with one attached hydrogen (secondary N) is 1. The molecule has 1 heterocycles. The molecule has 0 saturated carbocycles. The summed E-state index contributed by atoms with van der Waals surface area (Å²) in [7, 11) is 0. The van der Waals surface area contributed by atoms with Crippen LogP contribution in [0.25, 0.3) is 0 Å². The molecule has 0 amide bonds. The van der Waals surface area contributed by atoms with Crippen LogP contribution in [0.1, 0.15) is 24.8 Å². The molecule has 1 fully saturated rings. The van der Waals surface area contributed by atoms with Gasteiger partial charge in [-0.3, -0.25) is 0 Å². The quantitative estimate of drug-likeness (QED) is 0.753. The molecule has 82 valence electrons. The van der Waals surface area contributed by atoms with E-state index in [0.29, 0.717) is 5.92 Å². The van der Waals surface area contributed by atoms with E-state index in [4.69, 9.17) is 0 Å². The van der Waals surface area contributed by atoms with Gasteiger partial charge in [-0.2, -0.15) is 0 Å². The highest BCUT2D eigenvalue weighted by Gasteiger charge is 2.23. The minimum absolute atomic E-state index is 0.274. The van der Waals surface area contributed by atoms with E-state index in [1.807, 2.05) is 0 Å². The van der Waals surface area contributed by atoms with Crippen molar-refractivity contribution in [2.45, 2.75) is 19.3 Å². The maximum atomic E-state index is 13.1. The zero-order chi connectivity index (χ0) is 10.8. The zero-order valence-electron chi connectivity index (χ0n) is 8.76. The molecule has 2 rings (SSSR count). The molecule has 2 unspecified atom stereocenters. The third-order valence-electron chi connectivity index (χ3n) is 3.10. The van der Waals surface area contributed by atoms with Crippen molar-refractivity contribution >= 4 is 0 Å². The van der Waals surface area contributed by atoms with Crippen LogP contribution in [0.5, 0.6) is 0 Å². The molecular formula is C12H15F2N. The van der Waals surface area contributed by atoms with Gasteiger partial charge in [0.25, 0.3) is 0 Å². The lowest BCUT2D eigenvalue weighted by Crippen LogP contribution is -2.33. The lowest BCUT2D eigenvalue weighted by molar-refractivity contribution is 0.348. The van der Waals surface area contributed by atoms with Crippen LogP contribution < -0.4 is 5.32 Å². The molecule has 3 heteroatoms. The van der Waals surface area contributed by atoms with E-state index in [2.05, 4.69) is 12.2 Å². The van der Waals surface area contributed by atoms with Crippen LogP contribution in [0, 0.1) is 17.6 Å². The lowest BCUT2D eigenvalue weighted by atomic mass is 9.82. The Morgan fingerprint density at radius 3 is 2.47 bits per heavy atom. The van der Waals surface area contributed by atoms with Gasteiger partial charge < -0.3 is 5.32 Å². The van der Waals surface area contributed by atoms with Crippen LogP contribution in [-0.2, 0) is 0 Å². The molecule has 1 nitrogen and oxygen atoms in total. The number of benzene rings is 1. The van der Waals surface area contributed by atoms with Crippen molar-refractivity contribution in [3.63, 3.8) is 0 Å². The van der Waals surface area contributed by atoms with E-state index in [-0.39, 0.29) is 5.92 Å². The van der Waals surface area contributed by atoms with Crippen molar-refractivity contribution in [2.24, 2.45) is 5.92 Å². The second-order valence-electron chi connectivity index (χ2n) is 4.28. The van der Waals surface area contributed by atoms with Gasteiger partial charge in [0, 0.05) is 6.07 Å². The van der Waals surface area contributed by atoms with Gasteiger partial charge in [0.1, 0.15) is 11.6 Å². The normalized spacial score (nSPS) is 26.6. The Morgan fingerprint density at radius 1 is 1.20 bits per heavy atom. The van der Waals surface area contributed by atoms with E-state index < -0.39 is 11.6 Å². The van der Waals surface area contributed by atoms with Gasteiger partial charge in [-0.15, -0.1) is 0 Å². The first kappa shape index (κ1) is 10.6. The molecule has 1 N–H and O–H groups in total. The lowest BCUT2D eigenvalue weighted by Gasteiger charge is -2.29. The van der Waals surface area contributed by atoms with E-state index >= 15 is 0 Å². The maximum absolute atomic E-state index is 13.1. The second-order valence-corrected chi connectivity index (χ2v) is 4.28. The number of hydrogen-bond acceptors (Lipinski definition) is 1. The van der Waals surface area contributed by atoms with Crippen molar-refractivity contribution in [1.29, 1.82) is 0 Å². The molecule has 0 spiro atoms. The molecule has 1 aliphatic rings. The maximum Gasteiger partial charge on any atom is 0.126 e. The summed E-state index contributed by atoms with van der Waals surface area (Å²) < 4.78 is 26.1. The van der Waals surface area contributed by atoms with Crippen molar-refractivity contribution < 1.29 is 8.78 Å². The Kier molecular flexibility index (Phi) is 3.00. The predicted octanol–water partition coefficient (Wildman–Crippen LogP) is 2.68. The summed E-state index contributed by atoms with van der Waals surface area (Å²) in [6.07, 6.45) is 0.948. The Labute approximate surface area is 88.5 Å². The molecule has 15 heavy (non-hydrogen) atoms. The molecule has 0 aliphatic carbocycles. The predicted molar refractivity (Wildman–Crippen MR) is 55.7 cm³/mol. The molecular weight excluding hydrogens is 196 g/mol. The summed E-state index contributed by atoms with van der Waals surface area (Å²) in [5.74, 6) is -0.247. The average Bonchev–Trinajstić information content (AvgIpc) is 2.16. The highest BCUT2D eigenvalue weighted by Crippen LogP contribution is 2.30. The van der Waals surface area contributed by atoms with Crippen molar-refractivity contribution in [3.05, 3.63) is 35.4 Å². The van der Waals surface area contributed by atoms with Crippen LogP contribution in [0.4, 0.5) is 8.78 Å². The molecule has 1 saturated heterocycles. The number of halogens is 2. The van der Waals surface area contributed by atoms with Gasteiger partial charge in [0.2, 0.25) is 0 Å². The van der Waals surface area contributed by atoms with Gasteiger partial charge in [-0.25, -0.2) is 8.78 Å². The summed E-state index contributed by atoms with van der Waals surface area (Å²) in [6.45, 7) is 3.95. The monoisotopic (exact) mass is 211 g/mol. The fourth-order valence-corrected chi connectivity index (χ4v) is 2.30. The van der Waals surface area contributed by atoms with Crippen molar-refractivity contribution in [1.82, 2.24) is 5.32 Å². The Morgan fingerprint density at radius 2 is 1.87 bits per heavy atom. The molecule has 0 radical (unpaired) electrons. The van der Waals surface area contributed by atoms with E-state index in [1.165, 1.54) is 12.1 Å². The topological polar surface area (TPSA) is 12.0 Å². The molecule has 1 aliphatic heterocycles. The third-order valence-corrected chi connectivity index (χ3v) is 3.10. The standard InChI is InChI=1S/C12H15F2N/c1-8-7-15-3-2-12(8)9-4-10(13)6-11(14)5-9/h4-6,8,12,15H,2-3,7H2,1H3. The van der Waals surface area contributed by atoms with E-state index in [1.54, 1.807) is 0 Å². The minimum atomic E-state index is -0.476. The zero-order valence-corrected chi connectivity index (χ0v) is 8.76. The number of hydrogen-bond donors (Lipinski definition) is 1. The van der Waals surface area contributed by atoms with Crippen molar-refractivity contribution in [3.8, 4) is 0 Å². The Hall–Kier alpha value is -0.960. The highest BCUT2D eigenvalue weighted by molar-refractivity contribution is 5.23. The van der Waals surface area contributed by atoms with Crippen molar-refractivity contribution in [2.75, 3.05) is 13.1 Å². The first-order valence-electron chi connectivity index (χ1n) is 5.33. The fraction of sp³-hybridized carbons (Fsp3) is 0.500. The largest absolute Gasteiger partial charge is 0.316 e. The third kappa shape index (κ3) is 2.34. The summed E-state index contributed by atoms with van der Waals surface area (Å²) >= 11 is 0. The molecule has 1 aromatic rings. The van der Waals surface area contributed by atoms with Crippen LogP contribution in [0.2, 0.25) is 0 Å². The summed E-state index contributed by atoms with van der Waals surface area (Å²) in [4.78, 5) is 0. The fourth-order valence-electron chi connectivity index (χ4n) is 2.30. The van der Waals surface area contributed by atoms with Crippen LogP contribution >= 0.6 is 0 Å². The van der Waals surface area contributed by atoms with Gasteiger partial charge in [0.15, 0.2) is 0 Å². The van der Waals surface area contributed by atoms with Crippen LogP contribution in [0.15, 0.2) is 18.2 Å². The molecule has 0 aromatic heterocycles. The number of rotatable bonds is 1. The summed E-state index contributed by atoms with van der Waals surface area (Å²) in [5.41, 5.74) is 0.793. The van der Waals surface area contributed by atoms with Gasteiger partial charge in [-0.1, -0.05) is 6.92 Å². The van der Waals surface area contributed by atoms with Crippen LogP contribution in [-0.4, -0.2) is 13.1 Å². The number of piperidine rings is 1. The van der Waals surface area contributed by atoms with E-state index in [0.717, 1.165) is 31.1 Å². The van der Waals surface area contributed by atoms with E-state index in [9.17, 15) is 8.78 Å². The van der Waals surface area contributed by atoms with Gasteiger partial charge >= 0.3 is 0 Å². The molecule has 1 aromatic carbocycles. The Balaban J connectivity index is 2.27. The van der Waals surface area contributed by atoms with Gasteiger partial charge in [-0.05, 0) is 49.0 Å². The molecule has 2 atom stereocenters. The average molecular weight is 211 g/mol. The van der Waals surface area contributed by atoms with Crippen LogP contribution in [0.3, 0.4) is 0 Å². The SMILES string of the molecule is CC1CNCCC1c1cc(F)cc(F)c1. The summed E-state index contributed by atoms with van der Waals surface area (Å²) in [6, 6.07) is 3.83. The smallest absolute Gasteiger partial charge is 0.126 e. The molecule has 0 bridgehead atoms. The highest BCUT2D eigenvalue weighted by atomic mass is 19.1. The second kappa shape index (κ2) is 4.27. The first-order valence-corrected chi connectivity index (χ1v) is 5.33. The minimum Gasteiger partial charge on any atom is -0.316 e.